The van der Waals surface area contributed by atoms with Crippen LogP contribution in [0, 0.1) is 0 Å². The van der Waals surface area contributed by atoms with Gasteiger partial charge in [0.1, 0.15) is 10.1 Å². The van der Waals surface area contributed by atoms with Gasteiger partial charge >= 0.3 is 0 Å². The van der Waals surface area contributed by atoms with Crippen LogP contribution in [0.4, 0.5) is 11.4 Å². The number of benzene rings is 1. The average Bonchev–Trinajstić information content (AvgIpc) is 2.29. The van der Waals surface area contributed by atoms with E-state index in [1.807, 2.05) is 0 Å². The first kappa shape index (κ1) is 17.7. The molecule has 110 valence electrons. The molecule has 0 amide bonds. The highest BCUT2D eigenvalue weighted by atomic mass is 32.2. The molecule has 0 fully saturated rings. The first-order valence-electron chi connectivity index (χ1n) is 6.08. The molecule has 0 saturated carbocycles. The third-order valence-electron chi connectivity index (χ3n) is 2.34. The molecule has 6 nitrogen and oxygen atoms in total. The maximum atomic E-state index is 10.5. The number of quaternary nitrogens is 1. The lowest BCUT2D eigenvalue weighted by molar-refractivity contribution is -0.858. The number of anilines is 2. The summed E-state index contributed by atoms with van der Waals surface area (Å²) < 4.78 is 31.5. The first-order chi connectivity index (χ1) is 8.68. The summed E-state index contributed by atoms with van der Waals surface area (Å²) in [7, 11) is -0.131. The number of hydrogen-bond donors (Lipinski definition) is 3. The fourth-order valence-electron chi connectivity index (χ4n) is 1.30. The predicted octanol–water partition coefficient (Wildman–Crippen LogP) is -0.314. The second kappa shape index (κ2) is 7.98. The maximum absolute atomic E-state index is 10.5. The number of nitrogens with one attached hydrogen (secondary N) is 1. The topological polar surface area (TPSA) is 114 Å². The van der Waals surface area contributed by atoms with Crippen LogP contribution in [0.25, 0.3) is 0 Å². The number of rotatable bonds is 4. The predicted molar refractivity (Wildman–Crippen MR) is 75.8 cm³/mol. The van der Waals surface area contributed by atoms with Crippen molar-refractivity contribution in [1.82, 2.24) is 0 Å². The van der Waals surface area contributed by atoms with Crippen molar-refractivity contribution in [3.8, 4) is 0 Å². The monoisotopic (exact) mass is 289 g/mol. The van der Waals surface area contributed by atoms with E-state index >= 15 is 0 Å². The van der Waals surface area contributed by atoms with Crippen LogP contribution >= 0.6 is 0 Å². The van der Waals surface area contributed by atoms with Crippen LogP contribution in [0.1, 0.15) is 19.8 Å². The van der Waals surface area contributed by atoms with Crippen LogP contribution in [-0.2, 0) is 10.1 Å². The van der Waals surface area contributed by atoms with Crippen molar-refractivity contribution in [1.29, 1.82) is 0 Å². The van der Waals surface area contributed by atoms with Crippen molar-refractivity contribution in [2.45, 2.75) is 24.7 Å². The summed E-state index contributed by atoms with van der Waals surface area (Å²) in [6, 6.07) is 3.74. The summed E-state index contributed by atoms with van der Waals surface area (Å²) in [5.41, 5.74) is 10.6. The fourth-order valence-corrected chi connectivity index (χ4v) is 1.93. The lowest BCUT2D eigenvalue weighted by Gasteiger charge is -2.09. The number of unbranched alkanes of at least 4 members (excludes halogenated alkanes) is 1. The van der Waals surface area contributed by atoms with Crippen molar-refractivity contribution in [2.24, 2.45) is 0 Å². The minimum atomic E-state index is -4.51. The minimum Gasteiger partial charge on any atom is -0.744 e. The Morgan fingerprint density at radius 1 is 1.26 bits per heavy atom. The van der Waals surface area contributed by atoms with E-state index in [0.29, 0.717) is 0 Å². The molecule has 0 bridgehead atoms. The first-order valence-corrected chi connectivity index (χ1v) is 7.49. The Bertz CT molecular complexity index is 487. The van der Waals surface area contributed by atoms with Crippen LogP contribution in [-0.4, -0.2) is 33.6 Å². The molecule has 0 atom stereocenters. The van der Waals surface area contributed by atoms with Crippen molar-refractivity contribution in [3.05, 3.63) is 18.2 Å². The van der Waals surface area contributed by atoms with Gasteiger partial charge < -0.3 is 20.9 Å². The SMILES string of the molecule is CCCC[NH+](C)C.Nc1ccc(N)c(S(=O)(=O)[O-])c1. The molecule has 7 heteroatoms. The van der Waals surface area contributed by atoms with Crippen LogP contribution in [0.3, 0.4) is 0 Å². The van der Waals surface area contributed by atoms with E-state index in [-0.39, 0.29) is 11.4 Å². The molecule has 1 rings (SSSR count). The van der Waals surface area contributed by atoms with Gasteiger partial charge in [-0.3, -0.25) is 0 Å². The molecule has 0 unspecified atom stereocenters. The van der Waals surface area contributed by atoms with Gasteiger partial charge in [0.25, 0.3) is 0 Å². The Kier molecular flexibility index (Phi) is 7.43. The fraction of sp³-hybridized carbons (Fsp3) is 0.500. The summed E-state index contributed by atoms with van der Waals surface area (Å²) >= 11 is 0. The van der Waals surface area contributed by atoms with Crippen molar-refractivity contribution >= 4 is 21.5 Å². The van der Waals surface area contributed by atoms with Crippen LogP contribution in [0.15, 0.2) is 23.1 Å². The average molecular weight is 289 g/mol. The van der Waals surface area contributed by atoms with Crippen molar-refractivity contribution in [2.75, 3.05) is 32.1 Å². The molecule has 0 saturated heterocycles. The van der Waals surface area contributed by atoms with Gasteiger partial charge in [-0.05, 0) is 24.6 Å². The van der Waals surface area contributed by atoms with E-state index < -0.39 is 15.0 Å². The Morgan fingerprint density at radius 2 is 1.84 bits per heavy atom. The van der Waals surface area contributed by atoms with Gasteiger partial charge in [-0.25, -0.2) is 8.42 Å². The van der Waals surface area contributed by atoms with Gasteiger partial charge in [-0.1, -0.05) is 13.3 Å². The lowest BCUT2D eigenvalue weighted by atomic mass is 10.3. The zero-order valence-electron chi connectivity index (χ0n) is 11.6. The molecule has 19 heavy (non-hydrogen) atoms. The minimum absolute atomic E-state index is 0.0841. The van der Waals surface area contributed by atoms with E-state index in [1.165, 1.54) is 31.5 Å². The lowest BCUT2D eigenvalue weighted by Crippen LogP contribution is -3.05. The van der Waals surface area contributed by atoms with E-state index in [0.717, 1.165) is 6.07 Å². The maximum Gasteiger partial charge on any atom is 0.126 e. The Morgan fingerprint density at radius 3 is 2.16 bits per heavy atom. The zero-order valence-corrected chi connectivity index (χ0v) is 12.5. The summed E-state index contributed by atoms with van der Waals surface area (Å²) in [5.74, 6) is 0. The van der Waals surface area contributed by atoms with Gasteiger partial charge in [-0.15, -0.1) is 0 Å². The molecule has 1 aromatic rings. The standard InChI is InChI=1S/C6H8N2O3S.C6H15N/c7-4-1-2-5(8)6(3-4)12(9,10)11;1-4-5-6-7(2)3/h1-3H,7-8H2,(H,9,10,11);4-6H2,1-3H3. The Hall–Kier alpha value is -1.31. The Labute approximate surface area is 115 Å². The molecule has 0 spiro atoms. The second-order valence-corrected chi connectivity index (χ2v) is 5.91. The van der Waals surface area contributed by atoms with E-state index in [2.05, 4.69) is 21.0 Å². The summed E-state index contributed by atoms with van der Waals surface area (Å²) in [6.07, 6.45) is 2.69. The van der Waals surface area contributed by atoms with E-state index in [9.17, 15) is 13.0 Å². The number of nitrogens with two attached hydrogens (primary N) is 2. The van der Waals surface area contributed by atoms with Crippen molar-refractivity contribution < 1.29 is 17.9 Å². The second-order valence-electron chi connectivity index (χ2n) is 4.56. The number of nitrogen functional groups attached to an aromatic ring is 2. The van der Waals surface area contributed by atoms with Crippen LogP contribution < -0.4 is 16.4 Å². The smallest absolute Gasteiger partial charge is 0.126 e. The molecule has 0 aliphatic heterocycles. The summed E-state index contributed by atoms with van der Waals surface area (Å²) in [6.45, 7) is 3.54. The molecule has 1 aromatic carbocycles. The number of hydrogen-bond acceptors (Lipinski definition) is 5. The summed E-state index contributed by atoms with van der Waals surface area (Å²) in [4.78, 5) is 1.09. The molecular formula is C12H23N3O3S. The molecular weight excluding hydrogens is 266 g/mol. The molecule has 0 aliphatic rings. The van der Waals surface area contributed by atoms with E-state index in [1.54, 1.807) is 4.90 Å². The highest BCUT2D eigenvalue weighted by Gasteiger charge is 2.05. The normalized spacial score (nSPS) is 11.0. The molecule has 0 aliphatic carbocycles. The Balaban J connectivity index is 0.000000399. The van der Waals surface area contributed by atoms with Crippen LogP contribution in [0.2, 0.25) is 0 Å². The van der Waals surface area contributed by atoms with Gasteiger partial charge in [0.2, 0.25) is 0 Å². The molecule has 0 aromatic heterocycles. The van der Waals surface area contributed by atoms with Gasteiger partial charge in [-0.2, -0.15) is 0 Å². The molecule has 5 N–H and O–H groups in total. The van der Waals surface area contributed by atoms with E-state index in [4.69, 9.17) is 11.5 Å². The third kappa shape index (κ3) is 7.66. The molecule has 0 radical (unpaired) electrons. The largest absolute Gasteiger partial charge is 0.744 e. The van der Waals surface area contributed by atoms with Gasteiger partial charge in [0.05, 0.1) is 25.5 Å². The highest BCUT2D eigenvalue weighted by Crippen LogP contribution is 2.20. The van der Waals surface area contributed by atoms with Crippen molar-refractivity contribution in [3.63, 3.8) is 0 Å². The van der Waals surface area contributed by atoms with Crippen LogP contribution in [0.5, 0.6) is 0 Å². The van der Waals surface area contributed by atoms with Gasteiger partial charge in [0.15, 0.2) is 0 Å². The third-order valence-corrected chi connectivity index (χ3v) is 3.23. The summed E-state index contributed by atoms with van der Waals surface area (Å²) in [5, 5.41) is 0. The highest BCUT2D eigenvalue weighted by molar-refractivity contribution is 7.86. The van der Waals surface area contributed by atoms with Gasteiger partial charge in [0, 0.05) is 11.4 Å². The molecule has 0 heterocycles. The zero-order chi connectivity index (χ0) is 15.1. The quantitative estimate of drug-likeness (QED) is 0.519.